The predicted octanol–water partition coefficient (Wildman–Crippen LogP) is 7.12. The minimum absolute atomic E-state index is 0.477. The molecule has 7 rings (SSSR count). The lowest BCUT2D eigenvalue weighted by Gasteiger charge is -2.57. The molecule has 0 spiro atoms. The molecule has 170 valence electrons. The van der Waals surface area contributed by atoms with Gasteiger partial charge in [-0.05, 0) is 85.3 Å². The highest BCUT2D eigenvalue weighted by Gasteiger charge is 2.51. The molecule has 3 nitrogen and oxygen atoms in total. The number of aryl methyl sites for hydroxylation is 1. The second-order valence-corrected chi connectivity index (χ2v) is 11.5. The number of aromatic nitrogens is 2. The van der Waals surface area contributed by atoms with E-state index in [0.29, 0.717) is 17.9 Å². The summed E-state index contributed by atoms with van der Waals surface area (Å²) in [6.45, 7) is 2.52. The highest BCUT2D eigenvalue weighted by molar-refractivity contribution is 7.98. The molecule has 0 amide bonds. The zero-order valence-corrected chi connectivity index (χ0v) is 20.2. The Morgan fingerprint density at radius 2 is 1.52 bits per heavy atom. The lowest BCUT2D eigenvalue weighted by molar-refractivity contribution is -0.00519. The van der Waals surface area contributed by atoms with Crippen LogP contribution in [0, 0.1) is 24.7 Å². The van der Waals surface area contributed by atoms with Crippen LogP contribution in [0.2, 0.25) is 0 Å². The first-order chi connectivity index (χ1) is 16.1. The van der Waals surface area contributed by atoms with Crippen LogP contribution in [0.5, 0.6) is 5.88 Å². The summed E-state index contributed by atoms with van der Waals surface area (Å²) in [6, 6.07) is 21.6. The largest absolute Gasteiger partial charge is 0.473 e. The topological polar surface area (TPSA) is 35.0 Å². The van der Waals surface area contributed by atoms with Gasteiger partial charge in [0.1, 0.15) is 6.61 Å². The minimum Gasteiger partial charge on any atom is -0.473 e. The van der Waals surface area contributed by atoms with E-state index in [4.69, 9.17) is 4.74 Å². The van der Waals surface area contributed by atoms with Crippen LogP contribution in [-0.2, 0) is 17.8 Å². The maximum absolute atomic E-state index is 5.93. The van der Waals surface area contributed by atoms with Crippen molar-refractivity contribution in [2.45, 2.75) is 68.4 Å². The van der Waals surface area contributed by atoms with Gasteiger partial charge < -0.3 is 4.74 Å². The summed E-state index contributed by atoms with van der Waals surface area (Å²) in [5.41, 5.74) is 5.49. The summed E-state index contributed by atoms with van der Waals surface area (Å²) < 4.78 is 5.93. The molecule has 4 fully saturated rings. The summed E-state index contributed by atoms with van der Waals surface area (Å²) in [5.74, 6) is 4.49. The lowest BCUT2D eigenvalue weighted by atomic mass is 9.48. The zero-order valence-electron chi connectivity index (χ0n) is 19.4. The first-order valence-corrected chi connectivity index (χ1v) is 13.4. The van der Waals surface area contributed by atoms with E-state index >= 15 is 0 Å². The standard InChI is InChI=1S/C29H32N2OS/c1-20-11-27(32-18-21-5-3-2-4-6-21)31-28(30-20)33-19-22-7-9-26(10-8-22)29-15-23-12-24(16-29)14-25(13-23)17-29/h2-11,23-25H,12-19H2,1H3. The number of hydrogen-bond acceptors (Lipinski definition) is 4. The van der Waals surface area contributed by atoms with Crippen molar-refractivity contribution in [3.05, 3.63) is 83.0 Å². The molecule has 33 heavy (non-hydrogen) atoms. The molecule has 2 aromatic carbocycles. The van der Waals surface area contributed by atoms with Gasteiger partial charge in [-0.15, -0.1) is 0 Å². The highest BCUT2D eigenvalue weighted by atomic mass is 32.2. The molecule has 0 radical (unpaired) electrons. The molecule has 0 unspecified atom stereocenters. The monoisotopic (exact) mass is 456 g/mol. The average molecular weight is 457 g/mol. The SMILES string of the molecule is Cc1cc(OCc2ccccc2)nc(SCc2ccc(C34CC5CC(CC(C5)C3)C4)cc2)n1. The number of hydrogen-bond donors (Lipinski definition) is 0. The maximum Gasteiger partial charge on any atom is 0.217 e. The molecule has 0 saturated heterocycles. The number of rotatable bonds is 7. The van der Waals surface area contributed by atoms with Gasteiger partial charge in [0.2, 0.25) is 5.88 Å². The second kappa shape index (κ2) is 8.79. The Morgan fingerprint density at radius 3 is 2.18 bits per heavy atom. The van der Waals surface area contributed by atoms with Crippen molar-refractivity contribution in [3.63, 3.8) is 0 Å². The Hall–Kier alpha value is -2.33. The fourth-order valence-electron chi connectivity index (χ4n) is 6.95. The Labute approximate surface area is 201 Å². The van der Waals surface area contributed by atoms with E-state index in [1.165, 1.54) is 44.1 Å². The van der Waals surface area contributed by atoms with Gasteiger partial charge in [0, 0.05) is 17.5 Å². The van der Waals surface area contributed by atoms with Crippen LogP contribution in [0.25, 0.3) is 0 Å². The van der Waals surface area contributed by atoms with Gasteiger partial charge >= 0.3 is 0 Å². The third-order valence-corrected chi connectivity index (χ3v) is 8.93. The minimum atomic E-state index is 0.477. The first kappa shape index (κ1) is 21.2. The molecule has 1 heterocycles. The van der Waals surface area contributed by atoms with Gasteiger partial charge in [-0.3, -0.25) is 0 Å². The molecule has 0 atom stereocenters. The number of ether oxygens (including phenoxy) is 1. The van der Waals surface area contributed by atoms with Crippen LogP contribution >= 0.6 is 11.8 Å². The summed E-state index contributed by atoms with van der Waals surface area (Å²) in [6.07, 6.45) is 8.78. The molecular weight excluding hydrogens is 424 g/mol. The molecule has 4 heteroatoms. The molecule has 4 aliphatic carbocycles. The maximum atomic E-state index is 5.93. The molecule has 4 bridgehead atoms. The van der Waals surface area contributed by atoms with Crippen LogP contribution in [-0.4, -0.2) is 9.97 Å². The normalized spacial score (nSPS) is 27.6. The van der Waals surface area contributed by atoms with Crippen molar-refractivity contribution < 1.29 is 4.74 Å². The molecule has 0 N–H and O–H groups in total. The Balaban J connectivity index is 1.10. The zero-order chi connectivity index (χ0) is 22.3. The lowest BCUT2D eigenvalue weighted by Crippen LogP contribution is -2.48. The number of nitrogens with zero attached hydrogens (tertiary/aromatic N) is 2. The molecule has 4 saturated carbocycles. The van der Waals surface area contributed by atoms with Crippen molar-refractivity contribution in [3.8, 4) is 5.88 Å². The van der Waals surface area contributed by atoms with Gasteiger partial charge in [-0.25, -0.2) is 4.98 Å². The van der Waals surface area contributed by atoms with Crippen molar-refractivity contribution in [2.24, 2.45) is 17.8 Å². The van der Waals surface area contributed by atoms with Gasteiger partial charge in [-0.2, -0.15) is 4.98 Å². The van der Waals surface area contributed by atoms with Gasteiger partial charge in [0.15, 0.2) is 5.16 Å². The van der Waals surface area contributed by atoms with E-state index in [2.05, 4.69) is 46.4 Å². The highest BCUT2D eigenvalue weighted by Crippen LogP contribution is 2.60. The third kappa shape index (κ3) is 4.55. The molecule has 4 aliphatic rings. The molecule has 3 aromatic rings. The Kier molecular flexibility index (Phi) is 5.65. The van der Waals surface area contributed by atoms with E-state index in [1.807, 2.05) is 31.2 Å². The van der Waals surface area contributed by atoms with E-state index in [-0.39, 0.29) is 0 Å². The molecule has 0 aliphatic heterocycles. The third-order valence-electron chi connectivity index (χ3n) is 8.01. The summed E-state index contributed by atoms with van der Waals surface area (Å²) in [4.78, 5) is 9.26. The Bertz CT molecular complexity index is 1080. The van der Waals surface area contributed by atoms with E-state index in [1.54, 1.807) is 17.3 Å². The Morgan fingerprint density at radius 1 is 0.848 bits per heavy atom. The van der Waals surface area contributed by atoms with Crippen molar-refractivity contribution in [1.82, 2.24) is 9.97 Å². The van der Waals surface area contributed by atoms with Crippen LogP contribution in [0.3, 0.4) is 0 Å². The van der Waals surface area contributed by atoms with Crippen LogP contribution in [0.15, 0.2) is 65.8 Å². The quantitative estimate of drug-likeness (QED) is 0.280. The fraction of sp³-hybridized carbons (Fsp3) is 0.448. The average Bonchev–Trinajstić information content (AvgIpc) is 2.81. The van der Waals surface area contributed by atoms with Crippen LogP contribution < -0.4 is 4.74 Å². The van der Waals surface area contributed by atoms with Crippen LogP contribution in [0.1, 0.15) is 60.9 Å². The number of benzene rings is 2. The second-order valence-electron chi connectivity index (χ2n) is 10.6. The van der Waals surface area contributed by atoms with Gasteiger partial charge in [0.05, 0.1) is 0 Å². The van der Waals surface area contributed by atoms with E-state index in [0.717, 1.165) is 39.9 Å². The summed E-state index contributed by atoms with van der Waals surface area (Å²) in [5, 5.41) is 0.781. The summed E-state index contributed by atoms with van der Waals surface area (Å²) >= 11 is 1.69. The summed E-state index contributed by atoms with van der Waals surface area (Å²) in [7, 11) is 0. The van der Waals surface area contributed by atoms with E-state index < -0.39 is 0 Å². The predicted molar refractivity (Wildman–Crippen MR) is 133 cm³/mol. The molecule has 1 aromatic heterocycles. The van der Waals surface area contributed by atoms with Crippen molar-refractivity contribution in [1.29, 1.82) is 0 Å². The first-order valence-electron chi connectivity index (χ1n) is 12.4. The van der Waals surface area contributed by atoms with Crippen LogP contribution in [0.4, 0.5) is 0 Å². The number of thioether (sulfide) groups is 1. The smallest absolute Gasteiger partial charge is 0.217 e. The van der Waals surface area contributed by atoms with Crippen molar-refractivity contribution in [2.75, 3.05) is 0 Å². The van der Waals surface area contributed by atoms with Gasteiger partial charge in [-0.1, -0.05) is 66.4 Å². The molecular formula is C29H32N2OS. The van der Waals surface area contributed by atoms with Gasteiger partial charge in [0.25, 0.3) is 0 Å². The fourth-order valence-corrected chi connectivity index (χ4v) is 7.80. The van der Waals surface area contributed by atoms with Crippen molar-refractivity contribution >= 4 is 11.8 Å². The van der Waals surface area contributed by atoms with E-state index in [9.17, 15) is 0 Å².